The van der Waals surface area contributed by atoms with Gasteiger partial charge in [-0.2, -0.15) is 0 Å². The molecule has 0 N–H and O–H groups in total. The van der Waals surface area contributed by atoms with Crippen LogP contribution < -0.4 is 4.90 Å². The first-order valence-electron chi connectivity index (χ1n) is 9.33. The molecule has 1 saturated carbocycles. The Morgan fingerprint density at radius 3 is 2.71 bits per heavy atom. The number of hydrogen-bond donors (Lipinski definition) is 0. The highest BCUT2D eigenvalue weighted by molar-refractivity contribution is 8.01. The van der Waals surface area contributed by atoms with Gasteiger partial charge >= 0.3 is 0 Å². The second-order valence-electron chi connectivity index (χ2n) is 7.40. The van der Waals surface area contributed by atoms with E-state index in [2.05, 4.69) is 0 Å². The number of nitrogens with zero attached hydrogens (tertiary/aromatic N) is 2. The lowest BCUT2D eigenvalue weighted by Gasteiger charge is -2.33. The first-order chi connectivity index (χ1) is 13.5. The standard InChI is InChI=1S/C21H18F2N2O2S/c22-15-8-7-14(17(23)11-15)12-24-18-4-2-1-3-16(18)21(20(24)27)25(9-10-28-21)19(26)13-5-6-13/h1-4,7-8,11,13H,5-6,9-10,12H2/t21-/m0/s1. The third-order valence-corrected chi connectivity index (χ3v) is 7.06. The minimum absolute atomic E-state index is 0.00424. The molecule has 2 fully saturated rings. The van der Waals surface area contributed by atoms with E-state index >= 15 is 0 Å². The first-order valence-corrected chi connectivity index (χ1v) is 10.3. The number of fused-ring (bicyclic) bond motifs is 2. The van der Waals surface area contributed by atoms with E-state index in [1.807, 2.05) is 24.3 Å². The number of halogens is 2. The van der Waals surface area contributed by atoms with E-state index < -0.39 is 16.5 Å². The van der Waals surface area contributed by atoms with Gasteiger partial charge in [0.2, 0.25) is 5.91 Å². The molecule has 2 amide bonds. The van der Waals surface area contributed by atoms with Crippen molar-refractivity contribution in [2.45, 2.75) is 24.3 Å². The number of carbonyl (C=O) groups is 2. The Bertz CT molecular complexity index is 994. The lowest BCUT2D eigenvalue weighted by molar-refractivity contribution is -0.141. The molecule has 2 aromatic carbocycles. The van der Waals surface area contributed by atoms with Crippen molar-refractivity contribution in [3.05, 3.63) is 65.2 Å². The molecule has 0 aromatic heterocycles. The van der Waals surface area contributed by atoms with Crippen molar-refractivity contribution < 1.29 is 18.4 Å². The van der Waals surface area contributed by atoms with Crippen LogP contribution in [0.3, 0.4) is 0 Å². The smallest absolute Gasteiger partial charge is 0.268 e. The number of thioether (sulfide) groups is 1. The molecule has 0 unspecified atom stereocenters. The molecule has 0 bridgehead atoms. The number of amides is 2. The van der Waals surface area contributed by atoms with E-state index in [0.717, 1.165) is 24.5 Å². The zero-order chi connectivity index (χ0) is 19.5. The van der Waals surface area contributed by atoms with Crippen molar-refractivity contribution in [2.24, 2.45) is 5.92 Å². The van der Waals surface area contributed by atoms with E-state index in [9.17, 15) is 18.4 Å². The molecule has 7 heteroatoms. The predicted octanol–water partition coefficient (Wildman–Crippen LogP) is 3.65. The summed E-state index contributed by atoms with van der Waals surface area (Å²) >= 11 is 1.47. The molecule has 1 spiro atoms. The van der Waals surface area contributed by atoms with Crippen molar-refractivity contribution in [3.63, 3.8) is 0 Å². The lowest BCUT2D eigenvalue weighted by atomic mass is 10.1. The summed E-state index contributed by atoms with van der Waals surface area (Å²) < 4.78 is 27.5. The third-order valence-electron chi connectivity index (χ3n) is 5.64. The number of para-hydroxylation sites is 1. The fraction of sp³-hybridized carbons (Fsp3) is 0.333. The van der Waals surface area contributed by atoms with E-state index in [4.69, 9.17) is 0 Å². The quantitative estimate of drug-likeness (QED) is 0.790. The number of hydrogen-bond acceptors (Lipinski definition) is 3. The first kappa shape index (κ1) is 17.7. The van der Waals surface area contributed by atoms with Gasteiger partial charge in [-0.3, -0.25) is 9.59 Å². The second-order valence-corrected chi connectivity index (χ2v) is 8.69. The Morgan fingerprint density at radius 1 is 1.18 bits per heavy atom. The highest BCUT2D eigenvalue weighted by atomic mass is 32.2. The van der Waals surface area contributed by atoms with Gasteiger partial charge in [0.1, 0.15) is 11.6 Å². The summed E-state index contributed by atoms with van der Waals surface area (Å²) in [6.45, 7) is 0.522. The molecule has 2 aromatic rings. The van der Waals surface area contributed by atoms with E-state index in [1.54, 1.807) is 4.90 Å². The van der Waals surface area contributed by atoms with Crippen LogP contribution in [0.25, 0.3) is 0 Å². The molecular formula is C21H18F2N2O2S. The Labute approximate surface area is 165 Å². The molecule has 4 nitrogen and oxygen atoms in total. The molecule has 144 valence electrons. The predicted molar refractivity (Wildman–Crippen MR) is 103 cm³/mol. The van der Waals surface area contributed by atoms with Crippen molar-refractivity contribution in [2.75, 3.05) is 17.2 Å². The minimum Gasteiger partial charge on any atom is -0.315 e. The van der Waals surface area contributed by atoms with E-state index in [1.165, 1.54) is 28.8 Å². The summed E-state index contributed by atoms with van der Waals surface area (Å²) in [6.07, 6.45) is 1.74. The van der Waals surface area contributed by atoms with E-state index in [0.29, 0.717) is 18.0 Å². The fourth-order valence-electron chi connectivity index (χ4n) is 4.12. The summed E-state index contributed by atoms with van der Waals surface area (Å²) in [4.78, 5) is 28.7. The van der Waals surface area contributed by atoms with Crippen LogP contribution in [0.1, 0.15) is 24.0 Å². The van der Waals surface area contributed by atoms with E-state index in [-0.39, 0.29) is 29.8 Å². The maximum absolute atomic E-state index is 14.2. The van der Waals surface area contributed by atoms with Gasteiger partial charge in [0.15, 0.2) is 4.87 Å². The average Bonchev–Trinajstić information content (AvgIpc) is 3.40. The van der Waals surface area contributed by atoms with Crippen LogP contribution in [0.15, 0.2) is 42.5 Å². The maximum Gasteiger partial charge on any atom is 0.268 e. The number of carbonyl (C=O) groups excluding carboxylic acids is 2. The zero-order valence-corrected chi connectivity index (χ0v) is 15.8. The van der Waals surface area contributed by atoms with Crippen LogP contribution in [0, 0.1) is 17.6 Å². The molecule has 2 heterocycles. The topological polar surface area (TPSA) is 40.6 Å². The summed E-state index contributed by atoms with van der Waals surface area (Å²) in [5.41, 5.74) is 1.70. The van der Waals surface area contributed by atoms with Gasteiger partial charge < -0.3 is 9.80 Å². The molecule has 1 atom stereocenters. The largest absolute Gasteiger partial charge is 0.315 e. The summed E-state index contributed by atoms with van der Waals surface area (Å²) in [6, 6.07) is 10.8. The van der Waals surface area contributed by atoms with Crippen molar-refractivity contribution in [1.82, 2.24) is 4.90 Å². The molecule has 3 aliphatic rings. The normalized spacial score (nSPS) is 23.6. The van der Waals surface area contributed by atoms with Gasteiger partial charge in [0.25, 0.3) is 5.91 Å². The Kier molecular flexibility index (Phi) is 3.98. The fourth-order valence-corrected chi connectivity index (χ4v) is 5.58. The van der Waals surface area contributed by atoms with Crippen LogP contribution in [0.5, 0.6) is 0 Å². The average molecular weight is 400 g/mol. The third kappa shape index (κ3) is 2.49. The van der Waals surface area contributed by atoms with Crippen LogP contribution >= 0.6 is 11.8 Å². The van der Waals surface area contributed by atoms with Gasteiger partial charge in [-0.1, -0.05) is 24.3 Å². The van der Waals surface area contributed by atoms with Gasteiger partial charge in [-0.15, -0.1) is 11.8 Å². The van der Waals surface area contributed by atoms with Gasteiger partial charge in [0.05, 0.1) is 12.2 Å². The minimum atomic E-state index is -1.08. The van der Waals surface area contributed by atoms with Gasteiger partial charge in [0, 0.05) is 35.4 Å². The molecular weight excluding hydrogens is 382 g/mol. The monoisotopic (exact) mass is 400 g/mol. The lowest BCUT2D eigenvalue weighted by Crippen LogP contribution is -2.50. The Hall–Kier alpha value is -2.41. The van der Waals surface area contributed by atoms with Crippen molar-refractivity contribution in [1.29, 1.82) is 0 Å². The molecule has 1 aliphatic carbocycles. The number of anilines is 1. The van der Waals surface area contributed by atoms with Gasteiger partial charge in [-0.05, 0) is 25.0 Å². The van der Waals surface area contributed by atoms with Crippen molar-refractivity contribution >= 4 is 29.3 Å². The number of benzene rings is 2. The summed E-state index contributed by atoms with van der Waals surface area (Å²) in [7, 11) is 0. The van der Waals surface area contributed by atoms with Gasteiger partial charge in [-0.25, -0.2) is 8.78 Å². The van der Waals surface area contributed by atoms with Crippen LogP contribution in [0.4, 0.5) is 14.5 Å². The molecule has 28 heavy (non-hydrogen) atoms. The zero-order valence-electron chi connectivity index (χ0n) is 15.0. The highest BCUT2D eigenvalue weighted by Gasteiger charge is 2.60. The number of rotatable bonds is 3. The van der Waals surface area contributed by atoms with Crippen LogP contribution in [-0.4, -0.2) is 29.0 Å². The molecule has 0 radical (unpaired) electrons. The SMILES string of the molecule is O=C(C1CC1)N1CCS[C@@]12C(=O)N(Cc1ccc(F)cc1F)c1ccccc12. The molecule has 1 saturated heterocycles. The summed E-state index contributed by atoms with van der Waals surface area (Å²) in [5, 5.41) is 0. The highest BCUT2D eigenvalue weighted by Crippen LogP contribution is 2.55. The Balaban J connectivity index is 1.57. The molecule has 5 rings (SSSR count). The Morgan fingerprint density at radius 2 is 1.96 bits per heavy atom. The maximum atomic E-state index is 14.2. The van der Waals surface area contributed by atoms with Crippen LogP contribution in [-0.2, 0) is 21.0 Å². The second kappa shape index (κ2) is 6.30. The summed E-state index contributed by atoms with van der Waals surface area (Å²) in [5.74, 6) is -0.845. The molecule has 2 aliphatic heterocycles. The van der Waals surface area contributed by atoms with Crippen LogP contribution in [0.2, 0.25) is 0 Å². The van der Waals surface area contributed by atoms with Crippen molar-refractivity contribution in [3.8, 4) is 0 Å².